The SMILES string of the molecule is COC[C@H](C)n1c(SCC(=O)Nc2cc(C)on2)nc2ccccc2c1=O. The minimum atomic E-state index is -0.262. The Kier molecular flexibility index (Phi) is 5.92. The number of hydrogen-bond acceptors (Lipinski definition) is 7. The van der Waals surface area contributed by atoms with Crippen molar-refractivity contribution in [3.05, 3.63) is 46.4 Å². The molecule has 0 fully saturated rings. The molecule has 0 bridgehead atoms. The van der Waals surface area contributed by atoms with Crippen LogP contribution in [0.15, 0.2) is 44.8 Å². The Bertz CT molecular complexity index is 1010. The summed E-state index contributed by atoms with van der Waals surface area (Å²) in [5.74, 6) is 0.781. The predicted octanol–water partition coefficient (Wildman–Crippen LogP) is 2.63. The lowest BCUT2D eigenvalue weighted by Crippen LogP contribution is -2.29. The molecular formula is C18H20N4O4S. The fraction of sp³-hybridized carbons (Fsp3) is 0.333. The van der Waals surface area contributed by atoms with Gasteiger partial charge in [-0.3, -0.25) is 14.2 Å². The van der Waals surface area contributed by atoms with E-state index in [1.807, 2.05) is 13.0 Å². The molecule has 0 unspecified atom stereocenters. The molecule has 2 heterocycles. The summed E-state index contributed by atoms with van der Waals surface area (Å²) in [5.41, 5.74) is 0.443. The van der Waals surface area contributed by atoms with Crippen molar-refractivity contribution in [1.29, 1.82) is 0 Å². The highest BCUT2D eigenvalue weighted by Crippen LogP contribution is 2.21. The third-order valence-electron chi connectivity index (χ3n) is 3.85. The average molecular weight is 388 g/mol. The fourth-order valence-corrected chi connectivity index (χ4v) is 3.56. The van der Waals surface area contributed by atoms with Gasteiger partial charge in [-0.2, -0.15) is 0 Å². The van der Waals surface area contributed by atoms with Gasteiger partial charge in [0.05, 0.1) is 29.3 Å². The lowest BCUT2D eigenvalue weighted by molar-refractivity contribution is -0.113. The number of benzene rings is 1. The van der Waals surface area contributed by atoms with Gasteiger partial charge in [0.15, 0.2) is 11.0 Å². The minimum absolute atomic E-state index is 0.0798. The summed E-state index contributed by atoms with van der Waals surface area (Å²) in [7, 11) is 1.58. The maximum Gasteiger partial charge on any atom is 0.262 e. The zero-order valence-electron chi connectivity index (χ0n) is 15.3. The highest BCUT2D eigenvalue weighted by Gasteiger charge is 2.18. The second-order valence-corrected chi connectivity index (χ2v) is 6.99. The number of aryl methyl sites for hydroxylation is 1. The third-order valence-corrected chi connectivity index (χ3v) is 4.80. The molecule has 0 radical (unpaired) electrons. The Morgan fingerprint density at radius 1 is 1.41 bits per heavy atom. The first kappa shape index (κ1) is 19.1. The molecule has 2 aromatic heterocycles. The summed E-state index contributed by atoms with van der Waals surface area (Å²) in [6.45, 7) is 3.98. The minimum Gasteiger partial charge on any atom is -0.383 e. The van der Waals surface area contributed by atoms with Gasteiger partial charge in [0.1, 0.15) is 5.76 Å². The van der Waals surface area contributed by atoms with Crippen LogP contribution in [-0.2, 0) is 9.53 Å². The van der Waals surface area contributed by atoms with Gasteiger partial charge in [-0.05, 0) is 26.0 Å². The molecule has 0 saturated carbocycles. The van der Waals surface area contributed by atoms with E-state index in [9.17, 15) is 9.59 Å². The Balaban J connectivity index is 1.86. The number of ether oxygens (including phenoxy) is 1. The lowest BCUT2D eigenvalue weighted by atomic mass is 10.2. The summed E-state index contributed by atoms with van der Waals surface area (Å²) in [6, 6.07) is 8.57. The predicted molar refractivity (Wildman–Crippen MR) is 103 cm³/mol. The van der Waals surface area contributed by atoms with Crippen LogP contribution in [0, 0.1) is 6.92 Å². The average Bonchev–Trinajstić information content (AvgIpc) is 3.05. The van der Waals surface area contributed by atoms with Crippen molar-refractivity contribution in [3.63, 3.8) is 0 Å². The van der Waals surface area contributed by atoms with Gasteiger partial charge in [0, 0.05) is 13.2 Å². The molecule has 0 saturated heterocycles. The van der Waals surface area contributed by atoms with E-state index in [4.69, 9.17) is 9.26 Å². The Morgan fingerprint density at radius 3 is 2.89 bits per heavy atom. The molecule has 9 heteroatoms. The molecule has 142 valence electrons. The molecular weight excluding hydrogens is 368 g/mol. The number of carbonyl (C=O) groups is 1. The van der Waals surface area contributed by atoms with Crippen LogP contribution in [0.25, 0.3) is 10.9 Å². The van der Waals surface area contributed by atoms with Gasteiger partial charge >= 0.3 is 0 Å². The van der Waals surface area contributed by atoms with Crippen LogP contribution in [0.3, 0.4) is 0 Å². The molecule has 1 amide bonds. The van der Waals surface area contributed by atoms with E-state index < -0.39 is 0 Å². The second kappa shape index (κ2) is 8.36. The first-order chi connectivity index (χ1) is 13.0. The summed E-state index contributed by atoms with van der Waals surface area (Å²) in [6.07, 6.45) is 0. The van der Waals surface area contributed by atoms with Gasteiger partial charge in [-0.1, -0.05) is 29.1 Å². The van der Waals surface area contributed by atoms with E-state index in [2.05, 4.69) is 15.5 Å². The summed E-state index contributed by atoms with van der Waals surface area (Å²) < 4.78 is 11.7. The number of carbonyl (C=O) groups excluding carboxylic acids is 1. The molecule has 0 aliphatic carbocycles. The van der Waals surface area contributed by atoms with E-state index in [1.165, 1.54) is 11.8 Å². The van der Waals surface area contributed by atoms with Crippen molar-refractivity contribution in [2.75, 3.05) is 24.8 Å². The molecule has 27 heavy (non-hydrogen) atoms. The van der Waals surface area contributed by atoms with Crippen LogP contribution < -0.4 is 10.9 Å². The Labute approximate surface area is 159 Å². The second-order valence-electron chi connectivity index (χ2n) is 6.05. The van der Waals surface area contributed by atoms with Crippen molar-refractivity contribution in [3.8, 4) is 0 Å². The summed E-state index contributed by atoms with van der Waals surface area (Å²) in [4.78, 5) is 29.7. The van der Waals surface area contributed by atoms with E-state index >= 15 is 0 Å². The number of nitrogens with one attached hydrogen (secondary N) is 1. The Hall–Kier alpha value is -2.65. The lowest BCUT2D eigenvalue weighted by Gasteiger charge is -2.18. The van der Waals surface area contributed by atoms with Gasteiger partial charge in [0.25, 0.3) is 5.56 Å². The maximum atomic E-state index is 12.9. The van der Waals surface area contributed by atoms with E-state index in [-0.39, 0.29) is 23.3 Å². The van der Waals surface area contributed by atoms with Crippen LogP contribution in [0.4, 0.5) is 5.82 Å². The van der Waals surface area contributed by atoms with E-state index in [0.717, 1.165) is 0 Å². The van der Waals surface area contributed by atoms with E-state index in [0.29, 0.717) is 34.2 Å². The summed E-state index contributed by atoms with van der Waals surface area (Å²) >= 11 is 1.19. The zero-order valence-corrected chi connectivity index (χ0v) is 16.1. The third kappa shape index (κ3) is 4.37. The molecule has 8 nitrogen and oxygen atoms in total. The smallest absolute Gasteiger partial charge is 0.262 e. The van der Waals surface area contributed by atoms with Gasteiger partial charge in [-0.15, -0.1) is 0 Å². The van der Waals surface area contributed by atoms with Gasteiger partial charge in [0.2, 0.25) is 5.91 Å². The van der Waals surface area contributed by atoms with Crippen molar-refractivity contribution in [2.45, 2.75) is 25.0 Å². The molecule has 3 aromatic rings. The standard InChI is InChI=1S/C18H20N4O4S/c1-11(9-25-3)22-17(24)13-6-4-5-7-14(13)19-18(22)27-10-16(23)20-15-8-12(2)26-21-15/h4-8,11H,9-10H2,1-3H3,(H,20,21,23)/t11-/m0/s1. The van der Waals surface area contributed by atoms with Crippen LogP contribution in [-0.4, -0.2) is 40.1 Å². The number of para-hydroxylation sites is 1. The molecule has 1 N–H and O–H groups in total. The summed E-state index contributed by atoms with van der Waals surface area (Å²) in [5, 5.41) is 7.39. The monoisotopic (exact) mass is 388 g/mol. The van der Waals surface area contributed by atoms with Crippen LogP contribution in [0.1, 0.15) is 18.7 Å². The molecule has 0 spiro atoms. The van der Waals surface area contributed by atoms with Gasteiger partial charge < -0.3 is 14.6 Å². The number of aromatic nitrogens is 3. The number of amides is 1. The van der Waals surface area contributed by atoms with Crippen molar-refractivity contribution in [2.24, 2.45) is 0 Å². The number of thioether (sulfide) groups is 1. The largest absolute Gasteiger partial charge is 0.383 e. The normalized spacial score (nSPS) is 12.3. The first-order valence-corrected chi connectivity index (χ1v) is 9.34. The molecule has 1 atom stereocenters. The maximum absolute atomic E-state index is 12.9. The number of hydrogen-bond donors (Lipinski definition) is 1. The number of nitrogens with zero attached hydrogens (tertiary/aromatic N) is 3. The Morgan fingerprint density at radius 2 is 2.19 bits per heavy atom. The molecule has 1 aromatic carbocycles. The van der Waals surface area contributed by atoms with Crippen LogP contribution in [0.2, 0.25) is 0 Å². The quantitative estimate of drug-likeness (QED) is 0.491. The van der Waals surface area contributed by atoms with Gasteiger partial charge in [-0.25, -0.2) is 4.98 Å². The number of rotatable bonds is 7. The highest BCUT2D eigenvalue weighted by atomic mass is 32.2. The van der Waals surface area contributed by atoms with Crippen LogP contribution in [0.5, 0.6) is 0 Å². The van der Waals surface area contributed by atoms with Crippen molar-refractivity contribution in [1.82, 2.24) is 14.7 Å². The fourth-order valence-electron chi connectivity index (χ4n) is 2.67. The molecule has 0 aliphatic rings. The zero-order chi connectivity index (χ0) is 19.4. The number of anilines is 1. The first-order valence-electron chi connectivity index (χ1n) is 8.35. The van der Waals surface area contributed by atoms with Crippen LogP contribution >= 0.6 is 11.8 Å². The van der Waals surface area contributed by atoms with E-state index in [1.54, 1.807) is 42.9 Å². The molecule has 3 rings (SSSR count). The van der Waals surface area contributed by atoms with Crippen molar-refractivity contribution >= 4 is 34.4 Å². The number of methoxy groups -OCH3 is 1. The van der Waals surface area contributed by atoms with Crippen molar-refractivity contribution < 1.29 is 14.1 Å². The topological polar surface area (TPSA) is 99.2 Å². The molecule has 0 aliphatic heterocycles. The highest BCUT2D eigenvalue weighted by molar-refractivity contribution is 7.99. The number of fused-ring (bicyclic) bond motifs is 1.